The van der Waals surface area contributed by atoms with Gasteiger partial charge in [-0.25, -0.2) is 0 Å². The van der Waals surface area contributed by atoms with Crippen LogP contribution in [0.1, 0.15) is 84.0 Å². The third-order valence-electron chi connectivity index (χ3n) is 7.38. The molecule has 0 radical (unpaired) electrons. The number of allylic oxidation sites excluding steroid dienone is 12. The summed E-state index contributed by atoms with van der Waals surface area (Å²) in [6.45, 7) is 3.70. The normalized spacial score (nSPS) is 20.6. The van der Waals surface area contributed by atoms with E-state index in [-0.39, 0.29) is 11.8 Å². The van der Waals surface area contributed by atoms with Gasteiger partial charge >= 0.3 is 0 Å². The summed E-state index contributed by atoms with van der Waals surface area (Å²) in [6, 6.07) is 0.698. The van der Waals surface area contributed by atoms with Crippen LogP contribution in [0.15, 0.2) is 72.9 Å². The van der Waals surface area contributed by atoms with E-state index < -0.39 is 0 Å². The van der Waals surface area contributed by atoms with Crippen molar-refractivity contribution in [2.75, 3.05) is 25.5 Å². The first kappa shape index (κ1) is 36.4. The van der Waals surface area contributed by atoms with Crippen molar-refractivity contribution >= 4 is 30.0 Å². The first-order valence-electron chi connectivity index (χ1n) is 16.1. The highest BCUT2D eigenvalue weighted by Crippen LogP contribution is 2.36. The maximum atomic E-state index is 12.1. The maximum Gasteiger partial charge on any atom is 0.220 e. The molecule has 8 heteroatoms. The Morgan fingerprint density at radius 2 is 1.30 bits per heavy atom. The summed E-state index contributed by atoms with van der Waals surface area (Å²) < 4.78 is 0. The summed E-state index contributed by atoms with van der Waals surface area (Å²) >= 11 is 1.93. The van der Waals surface area contributed by atoms with Crippen LogP contribution in [0.2, 0.25) is 0 Å². The standard InChI is InChI=1S/C35H54N4O3S/c1-2-3-4-5-6-7-8-9-10-11-12-13-14-15-16-17-18-19-20-24-33(41)36-26-27-37-34(42)25-22-21-23-32-35-31(28-43-32)38-29-39(35)30-40/h3-4,6-7,9-10,12-13,15-16,18-19,30-32,35,38H,2,5,8,11,14,17,20-29H2,1H3,(H,36,41)(H,37,42). The molecule has 2 heterocycles. The molecular formula is C35H54N4O3S. The van der Waals surface area contributed by atoms with Crippen LogP contribution in [0, 0.1) is 0 Å². The van der Waals surface area contributed by atoms with E-state index in [2.05, 4.69) is 89.7 Å². The fourth-order valence-corrected chi connectivity index (χ4v) is 6.71. The minimum absolute atomic E-state index is 0.00640. The largest absolute Gasteiger partial charge is 0.354 e. The van der Waals surface area contributed by atoms with Gasteiger partial charge < -0.3 is 15.5 Å². The highest BCUT2D eigenvalue weighted by molar-refractivity contribution is 8.00. The fourth-order valence-electron chi connectivity index (χ4n) is 5.06. The van der Waals surface area contributed by atoms with Gasteiger partial charge in [0.1, 0.15) is 0 Å². The van der Waals surface area contributed by atoms with Crippen molar-refractivity contribution in [3.63, 3.8) is 0 Å². The van der Waals surface area contributed by atoms with Crippen LogP contribution < -0.4 is 16.0 Å². The molecule has 0 aromatic rings. The number of hydrogen-bond acceptors (Lipinski definition) is 5. The molecule has 0 saturated carbocycles. The van der Waals surface area contributed by atoms with Gasteiger partial charge in [0.05, 0.1) is 12.7 Å². The zero-order valence-electron chi connectivity index (χ0n) is 26.1. The SMILES string of the molecule is CCC=CCC=CCC=CCC=CCC=CCC=CCCC(=O)NCCNC(=O)CCCCC1SCC2NCN(C=O)C21. The zero-order valence-corrected chi connectivity index (χ0v) is 26.9. The van der Waals surface area contributed by atoms with Gasteiger partial charge in [0.2, 0.25) is 18.2 Å². The Labute approximate surface area is 264 Å². The zero-order chi connectivity index (χ0) is 30.8. The van der Waals surface area contributed by atoms with Crippen molar-refractivity contribution in [3.05, 3.63) is 72.9 Å². The van der Waals surface area contributed by atoms with Crippen molar-refractivity contribution in [2.45, 2.75) is 101 Å². The summed E-state index contributed by atoms with van der Waals surface area (Å²) in [5.41, 5.74) is 0. The molecule has 2 saturated heterocycles. The van der Waals surface area contributed by atoms with Crippen LogP contribution in [0.5, 0.6) is 0 Å². The summed E-state index contributed by atoms with van der Waals surface area (Å²) in [7, 11) is 0. The number of amides is 3. The quantitative estimate of drug-likeness (QED) is 0.0736. The van der Waals surface area contributed by atoms with Crippen LogP contribution in [-0.2, 0) is 14.4 Å². The van der Waals surface area contributed by atoms with Gasteiger partial charge in [-0.2, -0.15) is 11.8 Å². The number of unbranched alkanes of at least 4 members (excludes halogenated alkanes) is 1. The molecule has 238 valence electrons. The average Bonchev–Trinajstić information content (AvgIpc) is 3.61. The predicted octanol–water partition coefficient (Wildman–Crippen LogP) is 6.13. The summed E-state index contributed by atoms with van der Waals surface area (Å²) in [6.07, 6.45) is 37.4. The van der Waals surface area contributed by atoms with E-state index in [1.807, 2.05) is 22.7 Å². The number of nitrogens with zero attached hydrogens (tertiary/aromatic N) is 1. The summed E-state index contributed by atoms with van der Waals surface area (Å²) in [5.74, 6) is 1.08. The first-order chi connectivity index (χ1) is 21.2. The predicted molar refractivity (Wildman–Crippen MR) is 182 cm³/mol. The minimum Gasteiger partial charge on any atom is -0.354 e. The number of carbonyl (C=O) groups is 3. The van der Waals surface area contributed by atoms with Crippen molar-refractivity contribution in [3.8, 4) is 0 Å². The lowest BCUT2D eigenvalue weighted by molar-refractivity contribution is -0.122. The second-order valence-electron chi connectivity index (χ2n) is 10.9. The Morgan fingerprint density at radius 3 is 1.86 bits per heavy atom. The highest BCUT2D eigenvalue weighted by atomic mass is 32.2. The van der Waals surface area contributed by atoms with Gasteiger partial charge in [0.25, 0.3) is 0 Å². The molecule has 0 aromatic heterocycles. The van der Waals surface area contributed by atoms with Gasteiger partial charge in [-0.05, 0) is 57.8 Å². The molecule has 0 bridgehead atoms. The Bertz CT molecular complexity index is 972. The maximum absolute atomic E-state index is 12.1. The molecule has 3 unspecified atom stereocenters. The topological polar surface area (TPSA) is 90.5 Å². The highest BCUT2D eigenvalue weighted by Gasteiger charge is 2.43. The average molecular weight is 611 g/mol. The fraction of sp³-hybridized carbons (Fsp3) is 0.571. The monoisotopic (exact) mass is 610 g/mol. The van der Waals surface area contributed by atoms with Crippen LogP contribution in [0.4, 0.5) is 0 Å². The molecule has 3 atom stereocenters. The number of thioether (sulfide) groups is 1. The molecule has 2 aliphatic rings. The second kappa shape index (κ2) is 24.6. The third kappa shape index (κ3) is 17.1. The van der Waals surface area contributed by atoms with Crippen molar-refractivity contribution in [2.24, 2.45) is 0 Å². The van der Waals surface area contributed by atoms with E-state index in [1.54, 1.807) is 0 Å². The van der Waals surface area contributed by atoms with Crippen LogP contribution >= 0.6 is 11.8 Å². The summed E-state index contributed by atoms with van der Waals surface area (Å²) in [5, 5.41) is 9.62. The molecule has 0 aliphatic carbocycles. The molecule has 0 aromatic carbocycles. The van der Waals surface area contributed by atoms with Gasteiger partial charge in [-0.3, -0.25) is 19.7 Å². The third-order valence-corrected chi connectivity index (χ3v) is 8.88. The molecule has 7 nitrogen and oxygen atoms in total. The molecule has 43 heavy (non-hydrogen) atoms. The Morgan fingerprint density at radius 1 is 0.767 bits per heavy atom. The van der Waals surface area contributed by atoms with Crippen LogP contribution in [-0.4, -0.2) is 66.0 Å². The number of fused-ring (bicyclic) bond motifs is 1. The molecule has 2 aliphatic heterocycles. The number of hydrogen-bond donors (Lipinski definition) is 3. The number of carbonyl (C=O) groups excluding carboxylic acids is 3. The van der Waals surface area contributed by atoms with Crippen LogP contribution in [0.25, 0.3) is 0 Å². The Hall–Kier alpha value is -2.84. The Kier molecular flexibility index (Phi) is 20.8. The van der Waals surface area contributed by atoms with Crippen molar-refractivity contribution in [1.29, 1.82) is 0 Å². The van der Waals surface area contributed by atoms with E-state index in [0.717, 1.165) is 70.0 Å². The molecule has 0 spiro atoms. The van der Waals surface area contributed by atoms with Gasteiger partial charge in [0.15, 0.2) is 0 Å². The van der Waals surface area contributed by atoms with Gasteiger partial charge in [-0.15, -0.1) is 0 Å². The van der Waals surface area contributed by atoms with Gasteiger partial charge in [0, 0.05) is 43.0 Å². The van der Waals surface area contributed by atoms with E-state index in [9.17, 15) is 14.4 Å². The number of nitrogens with one attached hydrogen (secondary N) is 3. The smallest absolute Gasteiger partial charge is 0.220 e. The lowest BCUT2D eigenvalue weighted by atomic mass is 10.0. The summed E-state index contributed by atoms with van der Waals surface area (Å²) in [4.78, 5) is 37.2. The van der Waals surface area contributed by atoms with Crippen molar-refractivity contribution in [1.82, 2.24) is 20.9 Å². The molecular weight excluding hydrogens is 556 g/mol. The molecule has 3 N–H and O–H groups in total. The van der Waals surface area contributed by atoms with Gasteiger partial charge in [-0.1, -0.05) is 86.3 Å². The molecule has 2 rings (SSSR count). The van der Waals surface area contributed by atoms with E-state index in [0.29, 0.717) is 56.4 Å². The first-order valence-corrected chi connectivity index (χ1v) is 17.2. The van der Waals surface area contributed by atoms with E-state index in [4.69, 9.17) is 0 Å². The number of rotatable bonds is 23. The lowest BCUT2D eigenvalue weighted by Crippen LogP contribution is -2.39. The lowest BCUT2D eigenvalue weighted by Gasteiger charge is -2.24. The van der Waals surface area contributed by atoms with Crippen LogP contribution in [0.3, 0.4) is 0 Å². The second-order valence-corrected chi connectivity index (χ2v) is 12.1. The minimum atomic E-state index is 0.00640. The Balaban J connectivity index is 1.37. The van der Waals surface area contributed by atoms with Crippen molar-refractivity contribution < 1.29 is 14.4 Å². The van der Waals surface area contributed by atoms with E-state index >= 15 is 0 Å². The van der Waals surface area contributed by atoms with E-state index in [1.165, 1.54) is 0 Å². The molecule has 3 amide bonds. The molecule has 2 fully saturated rings.